The molecule has 16 heavy (non-hydrogen) atoms. The molecule has 1 aromatic carbocycles. The minimum Gasteiger partial charge on any atom is -0.494 e. The Bertz CT molecular complexity index is 262. The molecule has 90 valence electrons. The third-order valence-electron chi connectivity index (χ3n) is 2.45. The van der Waals surface area contributed by atoms with Gasteiger partial charge >= 0.3 is 0 Å². The monoisotopic (exact) mass is 241 g/mol. The molecule has 1 atom stereocenters. The molecule has 0 aliphatic rings. The third-order valence-corrected chi connectivity index (χ3v) is 2.82. The maximum absolute atomic E-state index is 5.78. The Morgan fingerprint density at radius 2 is 2.06 bits per heavy atom. The summed E-state index contributed by atoms with van der Waals surface area (Å²) in [6, 6.07) is 10.3. The summed E-state index contributed by atoms with van der Waals surface area (Å²) in [4.78, 5) is 0. The van der Waals surface area contributed by atoms with Gasteiger partial charge in [-0.1, -0.05) is 25.1 Å². The predicted octanol–water partition coefficient (Wildman–Crippen LogP) is 3.06. The summed E-state index contributed by atoms with van der Waals surface area (Å²) in [5, 5.41) is 3.39. The lowest BCUT2D eigenvalue weighted by molar-refractivity contribution is 0.305. The first-order valence-electron chi connectivity index (χ1n) is 5.84. The summed E-state index contributed by atoms with van der Waals surface area (Å²) in [5.41, 5.74) is 0. The van der Waals surface area contributed by atoms with Crippen molar-refractivity contribution in [3.8, 4) is 5.75 Å². The van der Waals surface area contributed by atoms with E-state index >= 15 is 0 Å². The van der Waals surface area contributed by atoms with Crippen LogP contribution >= 0.6 is 11.6 Å². The van der Waals surface area contributed by atoms with Crippen LogP contribution in [0.1, 0.15) is 19.8 Å². The van der Waals surface area contributed by atoms with Crippen LogP contribution in [0.3, 0.4) is 0 Å². The van der Waals surface area contributed by atoms with E-state index in [4.69, 9.17) is 16.3 Å². The average Bonchev–Trinajstić information content (AvgIpc) is 2.35. The van der Waals surface area contributed by atoms with Gasteiger partial charge in [-0.15, -0.1) is 11.6 Å². The molecule has 0 fully saturated rings. The van der Waals surface area contributed by atoms with Gasteiger partial charge in [-0.3, -0.25) is 0 Å². The molecule has 0 aliphatic heterocycles. The maximum atomic E-state index is 5.78. The predicted molar refractivity (Wildman–Crippen MR) is 69.4 cm³/mol. The van der Waals surface area contributed by atoms with Crippen LogP contribution in [-0.2, 0) is 0 Å². The molecule has 1 N–H and O–H groups in total. The standard InChI is InChI=1S/C13H20ClNO/c1-2-12(11-14)15-9-6-10-16-13-7-4-3-5-8-13/h3-5,7-8,12,15H,2,6,9-11H2,1H3. The largest absolute Gasteiger partial charge is 0.494 e. The Labute approximate surface area is 103 Å². The van der Waals surface area contributed by atoms with Crippen LogP contribution in [0.4, 0.5) is 0 Å². The van der Waals surface area contributed by atoms with E-state index in [-0.39, 0.29) is 0 Å². The fraction of sp³-hybridized carbons (Fsp3) is 0.538. The minimum atomic E-state index is 0.429. The van der Waals surface area contributed by atoms with Gasteiger partial charge in [0, 0.05) is 11.9 Å². The average molecular weight is 242 g/mol. The first kappa shape index (κ1) is 13.3. The molecule has 2 nitrogen and oxygen atoms in total. The highest BCUT2D eigenvalue weighted by Crippen LogP contribution is 2.08. The Kier molecular flexibility index (Phi) is 7.02. The van der Waals surface area contributed by atoms with Crippen LogP contribution in [0.5, 0.6) is 5.75 Å². The zero-order valence-corrected chi connectivity index (χ0v) is 10.5. The van der Waals surface area contributed by atoms with Crippen LogP contribution < -0.4 is 10.1 Å². The van der Waals surface area contributed by atoms with Gasteiger partial charge in [0.05, 0.1) is 6.61 Å². The molecule has 1 unspecified atom stereocenters. The van der Waals surface area contributed by atoms with Gasteiger partial charge in [-0.25, -0.2) is 0 Å². The van der Waals surface area contributed by atoms with Crippen molar-refractivity contribution in [2.75, 3.05) is 19.0 Å². The fourth-order valence-electron chi connectivity index (χ4n) is 1.39. The van der Waals surface area contributed by atoms with Crippen molar-refractivity contribution in [3.05, 3.63) is 30.3 Å². The third kappa shape index (κ3) is 5.38. The Hall–Kier alpha value is -0.730. The van der Waals surface area contributed by atoms with E-state index < -0.39 is 0 Å². The van der Waals surface area contributed by atoms with Crippen LogP contribution in [-0.4, -0.2) is 25.1 Å². The van der Waals surface area contributed by atoms with Crippen LogP contribution in [0.2, 0.25) is 0 Å². The van der Waals surface area contributed by atoms with Gasteiger partial charge in [0.1, 0.15) is 5.75 Å². The van der Waals surface area contributed by atoms with Gasteiger partial charge < -0.3 is 10.1 Å². The number of para-hydroxylation sites is 1. The number of hydrogen-bond donors (Lipinski definition) is 1. The number of halogens is 1. The van der Waals surface area contributed by atoms with E-state index in [1.165, 1.54) is 0 Å². The van der Waals surface area contributed by atoms with Gasteiger partial charge in [0.2, 0.25) is 0 Å². The number of rotatable bonds is 8. The molecule has 1 rings (SSSR count). The molecule has 0 aliphatic carbocycles. The van der Waals surface area contributed by atoms with Crippen LogP contribution in [0, 0.1) is 0 Å². The SMILES string of the molecule is CCC(CCl)NCCCOc1ccccc1. The summed E-state index contributed by atoms with van der Waals surface area (Å²) < 4.78 is 5.58. The molecule has 0 saturated heterocycles. The van der Waals surface area contributed by atoms with Crippen LogP contribution in [0.25, 0.3) is 0 Å². The van der Waals surface area contributed by atoms with Gasteiger partial charge in [-0.2, -0.15) is 0 Å². The van der Waals surface area contributed by atoms with E-state index in [1.807, 2.05) is 30.3 Å². The van der Waals surface area contributed by atoms with E-state index in [2.05, 4.69) is 12.2 Å². The first-order valence-corrected chi connectivity index (χ1v) is 6.37. The van der Waals surface area contributed by atoms with Crippen molar-refractivity contribution in [1.82, 2.24) is 5.32 Å². The zero-order chi connectivity index (χ0) is 11.6. The van der Waals surface area contributed by atoms with Gasteiger partial charge in [-0.05, 0) is 31.5 Å². The zero-order valence-electron chi connectivity index (χ0n) is 9.79. The summed E-state index contributed by atoms with van der Waals surface area (Å²) in [7, 11) is 0. The Morgan fingerprint density at radius 3 is 2.69 bits per heavy atom. The summed E-state index contributed by atoms with van der Waals surface area (Å²) in [5.74, 6) is 1.61. The smallest absolute Gasteiger partial charge is 0.119 e. The van der Waals surface area contributed by atoms with Gasteiger partial charge in [0.25, 0.3) is 0 Å². The Balaban J connectivity index is 2.04. The second kappa shape index (κ2) is 8.43. The minimum absolute atomic E-state index is 0.429. The topological polar surface area (TPSA) is 21.3 Å². The number of alkyl halides is 1. The van der Waals surface area contributed by atoms with Crippen molar-refractivity contribution in [2.45, 2.75) is 25.8 Å². The molecule has 0 saturated carbocycles. The van der Waals surface area contributed by atoms with Crippen molar-refractivity contribution >= 4 is 11.6 Å². The lowest BCUT2D eigenvalue weighted by atomic mass is 10.2. The molecule has 0 amide bonds. The molecule has 0 heterocycles. The van der Waals surface area contributed by atoms with E-state index in [0.717, 1.165) is 31.7 Å². The van der Waals surface area contributed by atoms with Gasteiger partial charge in [0.15, 0.2) is 0 Å². The van der Waals surface area contributed by atoms with E-state index in [1.54, 1.807) is 0 Å². The van der Waals surface area contributed by atoms with Crippen molar-refractivity contribution < 1.29 is 4.74 Å². The highest BCUT2D eigenvalue weighted by atomic mass is 35.5. The quantitative estimate of drug-likeness (QED) is 0.558. The van der Waals surface area contributed by atoms with Crippen molar-refractivity contribution in [1.29, 1.82) is 0 Å². The Morgan fingerprint density at radius 1 is 1.31 bits per heavy atom. The van der Waals surface area contributed by atoms with Crippen molar-refractivity contribution in [3.63, 3.8) is 0 Å². The molecule has 0 spiro atoms. The number of nitrogens with one attached hydrogen (secondary N) is 1. The summed E-state index contributed by atoms with van der Waals surface area (Å²) in [6.07, 6.45) is 2.07. The fourth-order valence-corrected chi connectivity index (χ4v) is 1.72. The molecule has 1 aromatic rings. The second-order valence-corrected chi connectivity index (χ2v) is 4.04. The molecule has 0 aromatic heterocycles. The van der Waals surface area contributed by atoms with Crippen LogP contribution in [0.15, 0.2) is 30.3 Å². The highest BCUT2D eigenvalue weighted by molar-refractivity contribution is 6.18. The lowest BCUT2D eigenvalue weighted by Crippen LogP contribution is -2.31. The highest BCUT2D eigenvalue weighted by Gasteiger charge is 2.01. The van der Waals surface area contributed by atoms with E-state index in [0.29, 0.717) is 11.9 Å². The summed E-state index contributed by atoms with van der Waals surface area (Å²) in [6.45, 7) is 3.84. The normalized spacial score (nSPS) is 12.4. The summed E-state index contributed by atoms with van der Waals surface area (Å²) >= 11 is 5.78. The number of hydrogen-bond acceptors (Lipinski definition) is 2. The molecule has 0 radical (unpaired) electrons. The molecular formula is C13H20ClNO. The van der Waals surface area contributed by atoms with E-state index in [9.17, 15) is 0 Å². The first-order chi connectivity index (χ1) is 7.86. The van der Waals surface area contributed by atoms with Crippen molar-refractivity contribution in [2.24, 2.45) is 0 Å². The molecular weight excluding hydrogens is 222 g/mol. The number of ether oxygens (including phenoxy) is 1. The number of benzene rings is 1. The molecule has 0 bridgehead atoms. The molecule has 3 heteroatoms. The second-order valence-electron chi connectivity index (χ2n) is 3.73. The lowest BCUT2D eigenvalue weighted by Gasteiger charge is -2.13. The maximum Gasteiger partial charge on any atom is 0.119 e.